The number of hydrogen-bond donors (Lipinski definition) is 2. The molecule has 0 heterocycles. The molecule has 1 rings (SSSR count). The van der Waals surface area contributed by atoms with Gasteiger partial charge in [0.25, 0.3) is 0 Å². The second-order valence-electron chi connectivity index (χ2n) is 7.93. The van der Waals surface area contributed by atoms with Gasteiger partial charge in [-0.2, -0.15) is 0 Å². The summed E-state index contributed by atoms with van der Waals surface area (Å²) in [5.41, 5.74) is 1.70. The second-order valence-corrected chi connectivity index (χ2v) is 9.38. The summed E-state index contributed by atoms with van der Waals surface area (Å²) in [6.45, 7) is 16.5. The van der Waals surface area contributed by atoms with Crippen LogP contribution < -0.4 is 0 Å². The highest BCUT2D eigenvalue weighted by Gasteiger charge is 2.27. The van der Waals surface area contributed by atoms with Gasteiger partial charge >= 0.3 is 0 Å². The molecule has 0 amide bonds. The second kappa shape index (κ2) is 6.21. The number of aliphatic hydroxyl groups is 1. The maximum absolute atomic E-state index is 10.7. The van der Waals surface area contributed by atoms with E-state index in [4.69, 9.17) is 0 Å². The maximum Gasteiger partial charge on any atom is 0.123 e. The minimum Gasteiger partial charge on any atom is -0.507 e. The Morgan fingerprint density at radius 1 is 0.905 bits per heavy atom. The van der Waals surface area contributed by atoms with Crippen molar-refractivity contribution in [2.75, 3.05) is 0 Å². The van der Waals surface area contributed by atoms with E-state index in [-0.39, 0.29) is 22.2 Å². The summed E-state index contributed by atoms with van der Waals surface area (Å²) < 4.78 is 0. The van der Waals surface area contributed by atoms with Crippen LogP contribution in [-0.2, 0) is 10.8 Å². The molecule has 120 valence electrons. The van der Waals surface area contributed by atoms with Gasteiger partial charge < -0.3 is 10.2 Å². The quantitative estimate of drug-likeness (QED) is 0.784. The zero-order valence-electron chi connectivity index (χ0n) is 14.6. The van der Waals surface area contributed by atoms with Crippen LogP contribution in [0.2, 0.25) is 0 Å². The standard InChI is InChI=1S/C18H30O2S/c1-11(19)12(2)21-13-9-14(17(3,4)5)16(20)15(10-13)18(6,7)8/h9-12,19-20H,1-8H3/t11-,12-/m0/s1. The van der Waals surface area contributed by atoms with Crippen molar-refractivity contribution in [1.29, 1.82) is 0 Å². The van der Waals surface area contributed by atoms with Gasteiger partial charge in [0.1, 0.15) is 5.75 Å². The molecule has 0 radical (unpaired) electrons. The molecule has 0 fully saturated rings. The summed E-state index contributed by atoms with van der Waals surface area (Å²) in [5.74, 6) is 0.407. The van der Waals surface area contributed by atoms with Crippen molar-refractivity contribution >= 4 is 11.8 Å². The van der Waals surface area contributed by atoms with Crippen molar-refractivity contribution in [3.05, 3.63) is 23.3 Å². The van der Waals surface area contributed by atoms with E-state index in [1.165, 1.54) is 0 Å². The molecule has 0 aliphatic heterocycles. The third-order valence-corrected chi connectivity index (χ3v) is 4.97. The molecule has 0 saturated heterocycles. The fraction of sp³-hybridized carbons (Fsp3) is 0.667. The third-order valence-electron chi connectivity index (χ3n) is 3.70. The average molecular weight is 311 g/mol. The van der Waals surface area contributed by atoms with Gasteiger partial charge in [-0.3, -0.25) is 0 Å². The van der Waals surface area contributed by atoms with Gasteiger partial charge in [-0.05, 0) is 29.9 Å². The van der Waals surface area contributed by atoms with Gasteiger partial charge in [0, 0.05) is 21.3 Å². The Hall–Kier alpha value is -0.670. The van der Waals surface area contributed by atoms with Crippen LogP contribution in [0.5, 0.6) is 5.75 Å². The molecule has 0 saturated carbocycles. The lowest BCUT2D eigenvalue weighted by Gasteiger charge is -2.28. The molecule has 2 N–H and O–H groups in total. The Kier molecular flexibility index (Phi) is 5.44. The molecule has 0 aromatic heterocycles. The van der Waals surface area contributed by atoms with Crippen molar-refractivity contribution in [2.45, 2.75) is 82.5 Å². The van der Waals surface area contributed by atoms with Gasteiger partial charge in [0.15, 0.2) is 0 Å². The molecule has 1 aromatic carbocycles. The first-order valence-electron chi connectivity index (χ1n) is 7.56. The van der Waals surface area contributed by atoms with E-state index in [9.17, 15) is 10.2 Å². The molecular formula is C18H30O2S. The van der Waals surface area contributed by atoms with Crippen LogP contribution in [0.4, 0.5) is 0 Å². The van der Waals surface area contributed by atoms with E-state index < -0.39 is 0 Å². The van der Waals surface area contributed by atoms with Gasteiger partial charge in [0.2, 0.25) is 0 Å². The summed E-state index contributed by atoms with van der Waals surface area (Å²) in [6.07, 6.45) is -0.361. The molecule has 3 heteroatoms. The van der Waals surface area contributed by atoms with Crippen molar-refractivity contribution < 1.29 is 10.2 Å². The predicted octanol–water partition coefficient (Wildman–Crippen LogP) is 4.85. The monoisotopic (exact) mass is 310 g/mol. The average Bonchev–Trinajstić information content (AvgIpc) is 2.27. The lowest BCUT2D eigenvalue weighted by molar-refractivity contribution is 0.196. The molecule has 0 unspecified atom stereocenters. The molecule has 21 heavy (non-hydrogen) atoms. The lowest BCUT2D eigenvalue weighted by atomic mass is 9.79. The van der Waals surface area contributed by atoms with Crippen LogP contribution in [0.3, 0.4) is 0 Å². The van der Waals surface area contributed by atoms with Crippen LogP contribution in [0.15, 0.2) is 17.0 Å². The molecule has 0 aliphatic carbocycles. The van der Waals surface area contributed by atoms with Gasteiger partial charge in [-0.1, -0.05) is 48.5 Å². The van der Waals surface area contributed by atoms with E-state index in [0.717, 1.165) is 16.0 Å². The first-order valence-corrected chi connectivity index (χ1v) is 8.44. The Morgan fingerprint density at radius 3 is 1.57 bits per heavy atom. The van der Waals surface area contributed by atoms with Crippen molar-refractivity contribution in [3.63, 3.8) is 0 Å². The highest BCUT2D eigenvalue weighted by atomic mass is 32.2. The number of phenolic OH excluding ortho intramolecular Hbond substituents is 1. The molecule has 2 nitrogen and oxygen atoms in total. The molecule has 0 aliphatic rings. The molecular weight excluding hydrogens is 280 g/mol. The summed E-state index contributed by atoms with van der Waals surface area (Å²) in [4.78, 5) is 1.11. The van der Waals surface area contributed by atoms with Crippen LogP contribution >= 0.6 is 11.8 Å². The normalized spacial score (nSPS) is 15.9. The van der Waals surface area contributed by atoms with Gasteiger partial charge in [0.05, 0.1) is 6.10 Å². The van der Waals surface area contributed by atoms with Crippen LogP contribution in [-0.4, -0.2) is 21.6 Å². The zero-order chi connectivity index (χ0) is 16.6. The third kappa shape index (κ3) is 4.65. The van der Waals surface area contributed by atoms with Crippen LogP contribution in [0.25, 0.3) is 0 Å². The number of rotatable bonds is 3. The van der Waals surface area contributed by atoms with Crippen molar-refractivity contribution in [3.8, 4) is 5.75 Å². The topological polar surface area (TPSA) is 40.5 Å². The first kappa shape index (κ1) is 18.4. The maximum atomic E-state index is 10.7. The number of aromatic hydroxyl groups is 1. The van der Waals surface area contributed by atoms with E-state index >= 15 is 0 Å². The fourth-order valence-corrected chi connectivity index (χ4v) is 3.13. The van der Waals surface area contributed by atoms with Crippen molar-refractivity contribution in [1.82, 2.24) is 0 Å². The first-order chi connectivity index (χ1) is 9.34. The highest BCUT2D eigenvalue weighted by Crippen LogP contribution is 2.42. The van der Waals surface area contributed by atoms with Crippen molar-refractivity contribution in [2.24, 2.45) is 0 Å². The zero-order valence-corrected chi connectivity index (χ0v) is 15.4. The van der Waals surface area contributed by atoms with E-state index in [2.05, 4.69) is 53.7 Å². The molecule has 1 aromatic rings. The van der Waals surface area contributed by atoms with E-state index in [0.29, 0.717) is 5.75 Å². The molecule has 0 bridgehead atoms. The number of phenols is 1. The van der Waals surface area contributed by atoms with Gasteiger partial charge in [-0.15, -0.1) is 11.8 Å². The van der Waals surface area contributed by atoms with E-state index in [1.807, 2.05) is 13.8 Å². The van der Waals surface area contributed by atoms with Crippen LogP contribution in [0, 0.1) is 0 Å². The Bertz CT molecular complexity index is 458. The summed E-state index contributed by atoms with van der Waals surface area (Å²) >= 11 is 1.66. The fourth-order valence-electron chi connectivity index (χ4n) is 2.13. The lowest BCUT2D eigenvalue weighted by Crippen LogP contribution is -2.18. The number of benzene rings is 1. The largest absolute Gasteiger partial charge is 0.507 e. The Morgan fingerprint density at radius 2 is 1.29 bits per heavy atom. The van der Waals surface area contributed by atoms with E-state index in [1.54, 1.807) is 11.8 Å². The van der Waals surface area contributed by atoms with Crippen LogP contribution in [0.1, 0.15) is 66.5 Å². The smallest absolute Gasteiger partial charge is 0.123 e. The summed E-state index contributed by atoms with van der Waals surface area (Å²) in [5, 5.41) is 20.5. The number of aliphatic hydroxyl groups excluding tert-OH is 1. The summed E-state index contributed by atoms with van der Waals surface area (Å²) in [6, 6.07) is 4.13. The molecule has 2 atom stereocenters. The SMILES string of the molecule is C[C@H](O)[C@H](C)Sc1cc(C(C)(C)C)c(O)c(C(C)(C)C)c1. The number of hydrogen-bond acceptors (Lipinski definition) is 3. The predicted molar refractivity (Wildman–Crippen MR) is 92.5 cm³/mol. The Labute approximate surface area is 134 Å². The number of thioether (sulfide) groups is 1. The Balaban J connectivity index is 3.41. The molecule has 0 spiro atoms. The van der Waals surface area contributed by atoms with Gasteiger partial charge in [-0.25, -0.2) is 0 Å². The summed E-state index contributed by atoms with van der Waals surface area (Å²) in [7, 11) is 0. The highest BCUT2D eigenvalue weighted by molar-refractivity contribution is 8.00. The minimum absolute atomic E-state index is 0.116. The minimum atomic E-state index is -0.361.